The lowest BCUT2D eigenvalue weighted by molar-refractivity contribution is -0.388. The van der Waals surface area contributed by atoms with Crippen LogP contribution in [0.2, 0.25) is 0 Å². The summed E-state index contributed by atoms with van der Waals surface area (Å²) in [5.74, 6) is -1.04. The van der Waals surface area contributed by atoms with Crippen molar-refractivity contribution >= 4 is 11.6 Å². The van der Waals surface area contributed by atoms with Crippen molar-refractivity contribution in [2.75, 3.05) is 20.7 Å². The van der Waals surface area contributed by atoms with Crippen LogP contribution in [0.1, 0.15) is 31.4 Å². The van der Waals surface area contributed by atoms with Crippen LogP contribution in [0.5, 0.6) is 5.75 Å². The largest absolute Gasteiger partial charge is 0.493 e. The Balaban J connectivity index is 2.77. The molecule has 0 bridgehead atoms. The van der Waals surface area contributed by atoms with Gasteiger partial charge < -0.3 is 14.7 Å². The molecular formula is C14H19FN2O5. The van der Waals surface area contributed by atoms with E-state index in [2.05, 4.69) is 0 Å². The smallest absolute Gasteiger partial charge is 0.310 e. The Hall–Kier alpha value is -2.22. The molecule has 0 fully saturated rings. The summed E-state index contributed by atoms with van der Waals surface area (Å²) in [6.45, 7) is 1.47. The van der Waals surface area contributed by atoms with Crippen LogP contribution in [0.25, 0.3) is 0 Å². The molecule has 7 nitrogen and oxygen atoms in total. The molecule has 0 aromatic heterocycles. The Kier molecular flexibility index (Phi) is 6.24. The van der Waals surface area contributed by atoms with E-state index in [0.717, 1.165) is 6.07 Å². The van der Waals surface area contributed by atoms with Crippen LogP contribution in [0, 0.1) is 15.9 Å². The fraction of sp³-hybridized carbons (Fsp3) is 0.500. The summed E-state index contributed by atoms with van der Waals surface area (Å²) in [5.41, 5.74) is -0.908. The van der Waals surface area contributed by atoms with Crippen molar-refractivity contribution in [2.45, 2.75) is 25.9 Å². The number of rotatable bonds is 7. The summed E-state index contributed by atoms with van der Waals surface area (Å²) < 4.78 is 19.1. The molecule has 1 atom stereocenters. The van der Waals surface area contributed by atoms with Crippen LogP contribution in [0.15, 0.2) is 12.1 Å². The molecule has 22 heavy (non-hydrogen) atoms. The van der Waals surface area contributed by atoms with Crippen molar-refractivity contribution < 1.29 is 24.0 Å². The average molecular weight is 314 g/mol. The van der Waals surface area contributed by atoms with Crippen LogP contribution in [-0.2, 0) is 4.79 Å². The van der Waals surface area contributed by atoms with E-state index < -0.39 is 22.5 Å². The lowest BCUT2D eigenvalue weighted by Crippen LogP contribution is -2.21. The van der Waals surface area contributed by atoms with Gasteiger partial charge in [0.2, 0.25) is 11.7 Å². The molecule has 0 saturated carbocycles. The van der Waals surface area contributed by atoms with Crippen molar-refractivity contribution in [3.8, 4) is 5.75 Å². The van der Waals surface area contributed by atoms with E-state index in [1.54, 1.807) is 14.1 Å². The van der Waals surface area contributed by atoms with Gasteiger partial charge in [-0.3, -0.25) is 14.9 Å². The molecule has 0 radical (unpaired) electrons. The highest BCUT2D eigenvalue weighted by Crippen LogP contribution is 2.32. The second-order valence-corrected chi connectivity index (χ2v) is 5.02. The quantitative estimate of drug-likeness (QED) is 0.472. The average Bonchev–Trinajstić information content (AvgIpc) is 2.41. The topological polar surface area (TPSA) is 92.9 Å². The molecule has 122 valence electrons. The first-order valence-corrected chi connectivity index (χ1v) is 6.73. The highest BCUT2D eigenvalue weighted by Gasteiger charge is 2.24. The fourth-order valence-corrected chi connectivity index (χ4v) is 1.83. The number of carbonyl (C=O) groups excluding carboxylic acids is 1. The molecule has 0 aliphatic heterocycles. The number of benzene rings is 1. The minimum atomic E-state index is -1.20. The Labute approximate surface area is 127 Å². The maximum atomic E-state index is 13.8. The van der Waals surface area contributed by atoms with Crippen LogP contribution in [0.4, 0.5) is 10.1 Å². The molecule has 0 saturated heterocycles. The lowest BCUT2D eigenvalue weighted by atomic mass is 10.1. The SMILES string of the molecule is CC(O)c1cc(OCCCC(=O)N(C)C)cc(F)c1[N+](=O)[O-]. The van der Waals surface area contributed by atoms with E-state index in [1.165, 1.54) is 17.9 Å². The molecule has 1 unspecified atom stereocenters. The second kappa shape index (κ2) is 7.69. The molecule has 8 heteroatoms. The van der Waals surface area contributed by atoms with E-state index >= 15 is 0 Å². The van der Waals surface area contributed by atoms with E-state index in [1.807, 2.05) is 0 Å². The number of halogens is 1. The predicted molar refractivity (Wildman–Crippen MR) is 77.1 cm³/mol. The van der Waals surface area contributed by atoms with Gasteiger partial charge in [-0.05, 0) is 19.4 Å². The van der Waals surface area contributed by atoms with Gasteiger partial charge in [-0.25, -0.2) is 0 Å². The molecule has 1 aromatic rings. The van der Waals surface area contributed by atoms with Gasteiger partial charge in [-0.15, -0.1) is 0 Å². The van der Waals surface area contributed by atoms with Crippen LogP contribution in [0.3, 0.4) is 0 Å². The van der Waals surface area contributed by atoms with Gasteiger partial charge in [-0.2, -0.15) is 4.39 Å². The molecule has 1 rings (SSSR count). The number of nitro benzene ring substituents is 1. The van der Waals surface area contributed by atoms with E-state index in [4.69, 9.17) is 4.74 Å². The first-order chi connectivity index (χ1) is 10.2. The zero-order valence-corrected chi connectivity index (χ0v) is 12.7. The number of nitro groups is 1. The standard InChI is InChI=1S/C14H19FN2O5/c1-9(18)11-7-10(8-12(15)14(11)17(20)21)22-6-4-5-13(19)16(2)3/h7-9,18H,4-6H2,1-3H3. The summed E-state index contributed by atoms with van der Waals surface area (Å²) in [4.78, 5) is 22.8. The Bertz CT molecular complexity index is 560. The van der Waals surface area contributed by atoms with Crippen molar-refractivity contribution in [1.82, 2.24) is 4.90 Å². The van der Waals surface area contributed by atoms with Crippen LogP contribution in [-0.4, -0.2) is 41.5 Å². The summed E-state index contributed by atoms with van der Waals surface area (Å²) in [7, 11) is 3.29. The number of hydrogen-bond donors (Lipinski definition) is 1. The minimum Gasteiger partial charge on any atom is -0.493 e. The third-order valence-corrected chi connectivity index (χ3v) is 3.00. The van der Waals surface area contributed by atoms with Gasteiger partial charge in [0, 0.05) is 26.6 Å². The van der Waals surface area contributed by atoms with Crippen LogP contribution < -0.4 is 4.74 Å². The zero-order chi connectivity index (χ0) is 16.9. The zero-order valence-electron chi connectivity index (χ0n) is 12.7. The normalized spacial score (nSPS) is 11.9. The summed E-state index contributed by atoms with van der Waals surface area (Å²) in [6, 6.07) is 2.14. The Morgan fingerprint density at radius 1 is 1.50 bits per heavy atom. The minimum absolute atomic E-state index is 0.0526. The number of nitrogens with zero attached hydrogens (tertiary/aromatic N) is 2. The van der Waals surface area contributed by atoms with Gasteiger partial charge in [0.15, 0.2) is 0 Å². The molecular weight excluding hydrogens is 295 g/mol. The van der Waals surface area contributed by atoms with E-state index in [9.17, 15) is 24.4 Å². The number of hydrogen-bond acceptors (Lipinski definition) is 5. The highest BCUT2D eigenvalue weighted by atomic mass is 19.1. The maximum absolute atomic E-state index is 13.8. The Morgan fingerprint density at radius 2 is 2.14 bits per heavy atom. The second-order valence-electron chi connectivity index (χ2n) is 5.02. The molecule has 0 aliphatic rings. The van der Waals surface area contributed by atoms with Crippen molar-refractivity contribution in [1.29, 1.82) is 0 Å². The predicted octanol–water partition coefficient (Wildman–Crippen LogP) is 2.03. The van der Waals surface area contributed by atoms with Gasteiger partial charge in [-0.1, -0.05) is 0 Å². The van der Waals surface area contributed by atoms with Crippen LogP contribution >= 0.6 is 0 Å². The van der Waals surface area contributed by atoms with E-state index in [-0.39, 0.29) is 30.2 Å². The summed E-state index contributed by atoms with van der Waals surface area (Å²) >= 11 is 0. The van der Waals surface area contributed by atoms with Crippen molar-refractivity contribution in [3.05, 3.63) is 33.6 Å². The van der Waals surface area contributed by atoms with Crippen molar-refractivity contribution in [3.63, 3.8) is 0 Å². The number of amides is 1. The number of ether oxygens (including phenoxy) is 1. The fourth-order valence-electron chi connectivity index (χ4n) is 1.83. The van der Waals surface area contributed by atoms with Crippen molar-refractivity contribution in [2.24, 2.45) is 0 Å². The molecule has 0 aliphatic carbocycles. The third kappa shape index (κ3) is 4.66. The number of aliphatic hydroxyl groups excluding tert-OH is 1. The molecule has 1 amide bonds. The molecule has 0 heterocycles. The Morgan fingerprint density at radius 3 is 2.64 bits per heavy atom. The lowest BCUT2D eigenvalue weighted by Gasteiger charge is -2.12. The molecule has 1 aromatic carbocycles. The third-order valence-electron chi connectivity index (χ3n) is 3.00. The first-order valence-electron chi connectivity index (χ1n) is 6.73. The van der Waals surface area contributed by atoms with Gasteiger partial charge in [0.1, 0.15) is 5.75 Å². The summed E-state index contributed by atoms with van der Waals surface area (Å²) in [5, 5.41) is 20.4. The van der Waals surface area contributed by atoms with E-state index in [0.29, 0.717) is 6.42 Å². The summed E-state index contributed by atoms with van der Waals surface area (Å²) in [6.07, 6.45) is -0.487. The van der Waals surface area contributed by atoms with Gasteiger partial charge >= 0.3 is 5.69 Å². The molecule has 0 spiro atoms. The number of aliphatic hydroxyl groups is 1. The highest BCUT2D eigenvalue weighted by molar-refractivity contribution is 5.75. The molecule has 1 N–H and O–H groups in total. The number of carbonyl (C=O) groups is 1. The van der Waals surface area contributed by atoms with Gasteiger partial charge in [0.05, 0.1) is 23.2 Å². The maximum Gasteiger partial charge on any atom is 0.310 e. The van der Waals surface area contributed by atoms with Gasteiger partial charge in [0.25, 0.3) is 0 Å². The first kappa shape index (κ1) is 17.8. The monoisotopic (exact) mass is 314 g/mol.